The van der Waals surface area contributed by atoms with Crippen molar-refractivity contribution in [3.05, 3.63) is 12.7 Å². The van der Waals surface area contributed by atoms with Crippen molar-refractivity contribution in [3.8, 4) is 0 Å². The lowest BCUT2D eigenvalue weighted by atomic mass is 9.87. The first-order valence-corrected chi connectivity index (χ1v) is 19.9. The van der Waals surface area contributed by atoms with Crippen molar-refractivity contribution >= 4 is 64.0 Å². The topological polar surface area (TPSA) is 367 Å². The van der Waals surface area contributed by atoms with Crippen LogP contribution in [0.15, 0.2) is 12.7 Å². The van der Waals surface area contributed by atoms with E-state index in [-0.39, 0.29) is 35.9 Å². The molecule has 2 aromatic rings. The molecule has 0 saturated carbocycles. The van der Waals surface area contributed by atoms with Gasteiger partial charge in [0.05, 0.1) is 25.5 Å². The molecule has 2 aromatic heterocycles. The summed E-state index contributed by atoms with van der Waals surface area (Å²) in [5.41, 5.74) is 4.28. The Hall–Kier alpha value is -2.15. The minimum Gasteiger partial charge on any atom is -0.386 e. The fourth-order valence-corrected chi connectivity index (χ4v) is 7.47. The number of ether oxygens (including phenoxy) is 1. The number of anilines is 1. The van der Waals surface area contributed by atoms with Crippen LogP contribution in [-0.4, -0.2) is 129 Å². The van der Waals surface area contributed by atoms with Crippen LogP contribution in [0.5, 0.6) is 0 Å². The predicted octanol–water partition coefficient (Wildman–Crippen LogP) is -1.91. The van der Waals surface area contributed by atoms with E-state index in [4.69, 9.17) is 24.6 Å². The Bertz CT molecular complexity index is 1630. The van der Waals surface area contributed by atoms with Crippen molar-refractivity contribution in [1.29, 1.82) is 0 Å². The summed E-state index contributed by atoms with van der Waals surface area (Å²) in [7, 11) is -16.3. The van der Waals surface area contributed by atoms with Crippen molar-refractivity contribution in [3.63, 3.8) is 0 Å². The number of nitrogens with two attached hydrogens (primary N) is 1. The Labute approximate surface area is 287 Å². The van der Waals surface area contributed by atoms with Gasteiger partial charge in [-0.25, -0.2) is 28.6 Å². The highest BCUT2D eigenvalue weighted by Gasteiger charge is 2.50. The number of aliphatic hydroxyl groups is 3. The third-order valence-corrected chi connectivity index (χ3v) is 10.5. The van der Waals surface area contributed by atoms with Crippen LogP contribution in [0.3, 0.4) is 0 Å². The van der Waals surface area contributed by atoms with E-state index in [1.807, 2.05) is 0 Å². The molecule has 1 aliphatic heterocycles. The lowest BCUT2D eigenvalue weighted by Gasteiger charge is -2.30. The van der Waals surface area contributed by atoms with Gasteiger partial charge in [0.1, 0.15) is 36.3 Å². The number of carbonyl (C=O) groups is 2. The number of nitrogens with one attached hydrogen (secondary N) is 2. The third kappa shape index (κ3) is 12.2. The number of hydrogen-bond donors (Lipinski definition) is 10. The van der Waals surface area contributed by atoms with Gasteiger partial charge in [-0.15, -0.1) is 11.8 Å². The fourth-order valence-electron chi connectivity index (χ4n) is 4.27. The zero-order valence-corrected chi connectivity index (χ0v) is 29.8. The van der Waals surface area contributed by atoms with E-state index >= 15 is 0 Å². The molecular formula is C22H38N7O17P3S. The van der Waals surface area contributed by atoms with E-state index in [2.05, 4.69) is 34.4 Å². The quantitative estimate of drug-likeness (QED) is 0.0397. The van der Waals surface area contributed by atoms with E-state index in [1.54, 1.807) is 0 Å². The van der Waals surface area contributed by atoms with Crippen molar-refractivity contribution in [2.45, 2.75) is 50.9 Å². The Morgan fingerprint density at radius 3 is 2.44 bits per heavy atom. The molecule has 0 aliphatic carbocycles. The Kier molecular flexibility index (Phi) is 14.9. The molecule has 28 heteroatoms. The lowest BCUT2D eigenvalue weighted by Crippen LogP contribution is -2.46. The summed E-state index contributed by atoms with van der Waals surface area (Å²) in [6, 6.07) is 0. The lowest BCUT2D eigenvalue weighted by molar-refractivity contribution is -0.137. The number of amides is 2. The standard InChI is InChI=1S/C22H38N7O17P3S/c1-22(2,17(33)20(34)25-4-3-13(31)24-5-6-50-11-30)8-43-49(40,41)46-48(38,39)42-7-12-16(45-47(35,36)37)15(32)21(44-12)29-10-28-14-18(23)26-9-27-19(14)29/h9-10,12,15-17,21,30,32-33H,3-8,11H2,1-2H3,(H,24,31)(H,25,34)(H,38,39)(H,40,41)(H2,23,26,27)(H2,35,36,37)/t12-,15-,16-,17+,21-/m1/s1. The van der Waals surface area contributed by atoms with Gasteiger partial charge in [0.2, 0.25) is 11.8 Å². The van der Waals surface area contributed by atoms with E-state index in [0.717, 1.165) is 17.2 Å². The molecule has 1 saturated heterocycles. The molecule has 24 nitrogen and oxygen atoms in total. The van der Waals surface area contributed by atoms with Gasteiger partial charge in [0.15, 0.2) is 17.7 Å². The Balaban J connectivity index is 1.57. The van der Waals surface area contributed by atoms with Crippen LogP contribution in [0.1, 0.15) is 26.5 Å². The molecular weight excluding hydrogens is 759 g/mol. The molecule has 0 bridgehead atoms. The number of carbonyl (C=O) groups excluding carboxylic acids is 2. The number of aliphatic hydroxyl groups excluding tert-OH is 3. The summed E-state index contributed by atoms with van der Waals surface area (Å²) in [4.78, 5) is 74.9. The van der Waals surface area contributed by atoms with Crippen LogP contribution in [-0.2, 0) is 45.9 Å². The summed E-state index contributed by atoms with van der Waals surface area (Å²) in [5, 5.41) is 34.9. The molecule has 0 aromatic carbocycles. The SMILES string of the molecule is CC(C)(COP(=O)(O)OP(=O)(O)OC[C@H]1O[C@@H](n2cnc3c(N)ncnc32)[C@H](O)[C@@H]1OP(=O)(O)O)[C@@H](O)C(=O)NCCC(=O)NCCSCO. The zero-order chi connectivity index (χ0) is 37.5. The van der Waals surface area contributed by atoms with Gasteiger partial charge in [-0.05, 0) is 0 Å². The van der Waals surface area contributed by atoms with Crippen molar-refractivity contribution in [2.24, 2.45) is 5.41 Å². The number of phosphoric ester groups is 3. The van der Waals surface area contributed by atoms with Crippen molar-refractivity contribution < 1.29 is 80.8 Å². The first kappa shape index (κ1) is 42.3. The summed E-state index contributed by atoms with van der Waals surface area (Å²) in [6.45, 7) is 0.635. The molecule has 11 N–H and O–H groups in total. The van der Waals surface area contributed by atoms with E-state index in [1.165, 1.54) is 25.6 Å². The second kappa shape index (κ2) is 17.6. The smallest absolute Gasteiger partial charge is 0.386 e. The molecule has 1 fully saturated rings. The van der Waals surface area contributed by atoms with Crippen LogP contribution < -0.4 is 16.4 Å². The van der Waals surface area contributed by atoms with Gasteiger partial charge in [-0.2, -0.15) is 4.31 Å². The average Bonchev–Trinajstić information content (AvgIpc) is 3.57. The first-order valence-electron chi connectivity index (χ1n) is 14.2. The molecule has 284 valence electrons. The summed E-state index contributed by atoms with van der Waals surface area (Å²) < 4.78 is 61.8. The van der Waals surface area contributed by atoms with Crippen molar-refractivity contribution in [2.75, 3.05) is 43.7 Å². The van der Waals surface area contributed by atoms with Crippen LogP contribution in [0.2, 0.25) is 0 Å². The average molecular weight is 798 g/mol. The number of aromatic nitrogens is 4. The van der Waals surface area contributed by atoms with Crippen LogP contribution in [0.25, 0.3) is 11.2 Å². The molecule has 3 rings (SSSR count). The number of imidazole rings is 1. The van der Waals surface area contributed by atoms with Crippen LogP contribution in [0.4, 0.5) is 5.82 Å². The highest BCUT2D eigenvalue weighted by molar-refractivity contribution is 7.99. The van der Waals surface area contributed by atoms with Crippen LogP contribution >= 0.6 is 35.2 Å². The largest absolute Gasteiger partial charge is 0.481 e. The second-order valence-corrected chi connectivity index (χ2v) is 16.4. The molecule has 50 heavy (non-hydrogen) atoms. The number of nitrogens with zero attached hydrogens (tertiary/aromatic N) is 4. The van der Waals surface area contributed by atoms with Gasteiger partial charge < -0.3 is 56.0 Å². The zero-order valence-electron chi connectivity index (χ0n) is 26.3. The maximum Gasteiger partial charge on any atom is 0.481 e. The number of nitrogen functional groups attached to an aromatic ring is 1. The third-order valence-electron chi connectivity index (χ3n) is 6.74. The molecule has 2 amide bonds. The highest BCUT2D eigenvalue weighted by atomic mass is 32.2. The summed E-state index contributed by atoms with van der Waals surface area (Å²) in [5.74, 6) is -1.03. The molecule has 0 spiro atoms. The van der Waals surface area contributed by atoms with Gasteiger partial charge >= 0.3 is 23.5 Å². The Morgan fingerprint density at radius 1 is 1.10 bits per heavy atom. The van der Waals surface area contributed by atoms with Crippen molar-refractivity contribution in [1.82, 2.24) is 30.2 Å². The maximum atomic E-state index is 12.6. The van der Waals surface area contributed by atoms with E-state index in [9.17, 15) is 53.1 Å². The molecule has 0 radical (unpaired) electrons. The Morgan fingerprint density at radius 2 is 1.78 bits per heavy atom. The number of hydrogen-bond acceptors (Lipinski definition) is 18. The minimum absolute atomic E-state index is 0.0334. The molecule has 2 unspecified atom stereocenters. The minimum atomic E-state index is -5.55. The first-order chi connectivity index (χ1) is 23.2. The van der Waals surface area contributed by atoms with Gasteiger partial charge in [0.25, 0.3) is 0 Å². The second-order valence-electron chi connectivity index (χ2n) is 11.1. The van der Waals surface area contributed by atoms with Crippen LogP contribution in [0, 0.1) is 5.41 Å². The fraction of sp³-hybridized carbons (Fsp3) is 0.682. The molecule has 3 heterocycles. The number of rotatable bonds is 20. The summed E-state index contributed by atoms with van der Waals surface area (Å²) >= 11 is 1.20. The number of thioether (sulfide) groups is 1. The van der Waals surface area contributed by atoms with Gasteiger partial charge in [0, 0.05) is 30.7 Å². The van der Waals surface area contributed by atoms with Gasteiger partial charge in [-0.3, -0.25) is 27.7 Å². The van der Waals surface area contributed by atoms with E-state index in [0.29, 0.717) is 12.3 Å². The predicted molar refractivity (Wildman–Crippen MR) is 169 cm³/mol. The molecule has 1 aliphatic rings. The monoisotopic (exact) mass is 797 g/mol. The number of phosphoric acid groups is 3. The highest BCUT2D eigenvalue weighted by Crippen LogP contribution is 2.61. The summed E-state index contributed by atoms with van der Waals surface area (Å²) in [6.07, 6.45) is -6.82. The van der Waals surface area contributed by atoms with E-state index < -0.39 is 84.6 Å². The molecule has 7 atom stereocenters. The number of fused-ring (bicyclic) bond motifs is 1. The van der Waals surface area contributed by atoms with Gasteiger partial charge in [-0.1, -0.05) is 13.8 Å². The maximum absolute atomic E-state index is 12.6. The normalized spacial score (nSPS) is 22.9.